The lowest BCUT2D eigenvalue weighted by Gasteiger charge is -2.45. The summed E-state index contributed by atoms with van der Waals surface area (Å²) >= 11 is 0. The van der Waals surface area contributed by atoms with E-state index in [1.54, 1.807) is 13.8 Å². The molecule has 2 aliphatic rings. The minimum absolute atomic E-state index is 0.168. The van der Waals surface area contributed by atoms with E-state index in [1.807, 2.05) is 0 Å². The number of esters is 2. The highest BCUT2D eigenvalue weighted by Crippen LogP contribution is 2.51. The second-order valence-electron chi connectivity index (χ2n) is 6.00. The largest absolute Gasteiger partial charge is 0.465 e. The Morgan fingerprint density at radius 1 is 1.18 bits per heavy atom. The first-order valence-electron chi connectivity index (χ1n) is 7.98. The van der Waals surface area contributed by atoms with Crippen LogP contribution in [0.3, 0.4) is 0 Å². The topological polar surface area (TPSA) is 78.9 Å². The van der Waals surface area contributed by atoms with Crippen LogP contribution in [0.2, 0.25) is 0 Å². The van der Waals surface area contributed by atoms with Crippen LogP contribution in [0.25, 0.3) is 0 Å². The Bertz CT molecular complexity index is 420. The molecule has 0 radical (unpaired) electrons. The van der Waals surface area contributed by atoms with Gasteiger partial charge in [-0.2, -0.15) is 0 Å². The molecule has 0 N–H and O–H groups in total. The highest BCUT2D eigenvalue weighted by atomic mass is 16.6. The fraction of sp³-hybridized carbons (Fsp3) is 0.812. The highest BCUT2D eigenvalue weighted by molar-refractivity contribution is 6.00. The Kier molecular flexibility index (Phi) is 5.21. The van der Waals surface area contributed by atoms with E-state index in [2.05, 4.69) is 0 Å². The summed E-state index contributed by atoms with van der Waals surface area (Å²) in [5, 5.41) is 0. The Morgan fingerprint density at radius 2 is 1.82 bits per heavy atom. The molecule has 0 aromatic rings. The molecule has 0 amide bonds. The van der Waals surface area contributed by atoms with Gasteiger partial charge in [-0.1, -0.05) is 0 Å². The molecule has 1 spiro atoms. The summed E-state index contributed by atoms with van der Waals surface area (Å²) in [5.41, 5.74) is -2.09. The van der Waals surface area contributed by atoms with E-state index in [0.717, 1.165) is 12.7 Å². The van der Waals surface area contributed by atoms with Gasteiger partial charge in [0, 0.05) is 18.9 Å². The predicted molar refractivity (Wildman–Crippen MR) is 77.0 cm³/mol. The Labute approximate surface area is 130 Å². The van der Waals surface area contributed by atoms with Gasteiger partial charge >= 0.3 is 11.9 Å². The third kappa shape index (κ3) is 2.76. The van der Waals surface area contributed by atoms with E-state index >= 15 is 0 Å². The first-order chi connectivity index (χ1) is 10.5. The van der Waals surface area contributed by atoms with Crippen LogP contribution in [0.5, 0.6) is 0 Å². The van der Waals surface area contributed by atoms with Gasteiger partial charge in [-0.05, 0) is 39.5 Å². The van der Waals surface area contributed by atoms with Gasteiger partial charge in [0.15, 0.2) is 5.41 Å². The quantitative estimate of drug-likeness (QED) is 0.436. The van der Waals surface area contributed by atoms with Crippen molar-refractivity contribution in [1.29, 1.82) is 0 Å². The lowest BCUT2D eigenvalue weighted by molar-refractivity contribution is -0.188. The molecule has 0 aromatic heterocycles. The molecule has 2 fully saturated rings. The first-order valence-corrected chi connectivity index (χ1v) is 7.98. The van der Waals surface area contributed by atoms with E-state index in [1.165, 1.54) is 0 Å². The summed E-state index contributed by atoms with van der Waals surface area (Å²) in [5.74, 6) is -1.41. The van der Waals surface area contributed by atoms with Gasteiger partial charge in [0.1, 0.15) is 6.29 Å². The van der Waals surface area contributed by atoms with E-state index in [4.69, 9.17) is 14.2 Å². The SMILES string of the molecule is CCOC(=O)C1(C(=O)OCC)CC[C@H](C=O)[C@@]2(CCCO2)C1. The second kappa shape index (κ2) is 6.77. The van der Waals surface area contributed by atoms with Crippen LogP contribution in [-0.2, 0) is 28.6 Å². The van der Waals surface area contributed by atoms with Crippen LogP contribution in [0.15, 0.2) is 0 Å². The highest BCUT2D eigenvalue weighted by Gasteiger charge is 2.60. The number of aldehydes is 1. The molecule has 0 bridgehead atoms. The van der Waals surface area contributed by atoms with E-state index in [9.17, 15) is 14.4 Å². The maximum Gasteiger partial charge on any atom is 0.323 e. The van der Waals surface area contributed by atoms with Gasteiger partial charge in [0.05, 0.1) is 18.8 Å². The molecule has 1 aliphatic heterocycles. The molecule has 0 unspecified atom stereocenters. The molecule has 1 aliphatic carbocycles. The van der Waals surface area contributed by atoms with Crippen LogP contribution in [-0.4, -0.2) is 43.6 Å². The molecule has 1 heterocycles. The van der Waals surface area contributed by atoms with Crippen molar-refractivity contribution in [1.82, 2.24) is 0 Å². The Morgan fingerprint density at radius 3 is 2.27 bits per heavy atom. The standard InChI is InChI=1S/C16H24O6/c1-3-20-13(18)15(14(19)21-4-2)8-6-12(10-17)16(11-15)7-5-9-22-16/h10,12H,3-9,11H2,1-2H3/t12-,16-/m1/s1. The number of carbonyl (C=O) groups excluding carboxylic acids is 3. The molecule has 0 aromatic carbocycles. The lowest BCUT2D eigenvalue weighted by Crippen LogP contribution is -2.55. The molecule has 22 heavy (non-hydrogen) atoms. The molecule has 6 nitrogen and oxygen atoms in total. The average molecular weight is 312 g/mol. The number of carbonyl (C=O) groups is 3. The van der Waals surface area contributed by atoms with Gasteiger partial charge in [-0.3, -0.25) is 9.59 Å². The molecule has 6 heteroatoms. The molecule has 2 rings (SSSR count). The van der Waals surface area contributed by atoms with Crippen molar-refractivity contribution >= 4 is 18.2 Å². The van der Waals surface area contributed by atoms with E-state index < -0.39 is 23.0 Å². The third-order valence-electron chi connectivity index (χ3n) is 4.79. The van der Waals surface area contributed by atoms with E-state index in [-0.39, 0.29) is 32.0 Å². The summed E-state index contributed by atoms with van der Waals surface area (Å²) in [6, 6.07) is 0. The maximum atomic E-state index is 12.5. The van der Waals surface area contributed by atoms with Crippen molar-refractivity contribution in [3.8, 4) is 0 Å². The van der Waals surface area contributed by atoms with Crippen molar-refractivity contribution in [3.05, 3.63) is 0 Å². The van der Waals surface area contributed by atoms with Crippen molar-refractivity contribution in [2.45, 2.75) is 51.6 Å². The molecule has 1 saturated heterocycles. The number of hydrogen-bond donors (Lipinski definition) is 0. The van der Waals surface area contributed by atoms with Crippen molar-refractivity contribution < 1.29 is 28.6 Å². The van der Waals surface area contributed by atoms with Gasteiger partial charge < -0.3 is 19.0 Å². The van der Waals surface area contributed by atoms with Gasteiger partial charge in [-0.15, -0.1) is 0 Å². The second-order valence-corrected chi connectivity index (χ2v) is 6.00. The summed E-state index contributed by atoms with van der Waals surface area (Å²) < 4.78 is 16.1. The smallest absolute Gasteiger partial charge is 0.323 e. The monoisotopic (exact) mass is 312 g/mol. The van der Waals surface area contributed by atoms with Crippen LogP contribution in [0.1, 0.15) is 46.0 Å². The predicted octanol–water partition coefficient (Wildman–Crippen LogP) is 1.65. The van der Waals surface area contributed by atoms with Crippen molar-refractivity contribution in [2.75, 3.05) is 19.8 Å². The Balaban J connectivity index is 2.35. The van der Waals surface area contributed by atoms with Crippen molar-refractivity contribution in [3.63, 3.8) is 0 Å². The molecule has 124 valence electrons. The van der Waals surface area contributed by atoms with Crippen LogP contribution in [0.4, 0.5) is 0 Å². The normalized spacial score (nSPS) is 30.0. The zero-order valence-electron chi connectivity index (χ0n) is 13.3. The minimum atomic E-state index is -1.35. The summed E-state index contributed by atoms with van der Waals surface area (Å²) in [6.07, 6.45) is 3.26. The fourth-order valence-electron chi connectivity index (χ4n) is 3.71. The number of rotatable bonds is 5. The first kappa shape index (κ1) is 16.9. The van der Waals surface area contributed by atoms with Gasteiger partial charge in [0.25, 0.3) is 0 Å². The van der Waals surface area contributed by atoms with Crippen LogP contribution >= 0.6 is 0 Å². The summed E-state index contributed by atoms with van der Waals surface area (Å²) in [7, 11) is 0. The molecular weight excluding hydrogens is 288 g/mol. The number of ether oxygens (including phenoxy) is 3. The zero-order valence-corrected chi connectivity index (χ0v) is 13.3. The lowest BCUT2D eigenvalue weighted by atomic mass is 9.62. The van der Waals surface area contributed by atoms with Gasteiger partial charge in [-0.25, -0.2) is 0 Å². The summed E-state index contributed by atoms with van der Waals surface area (Å²) in [6.45, 7) is 4.35. The van der Waals surface area contributed by atoms with Crippen LogP contribution < -0.4 is 0 Å². The van der Waals surface area contributed by atoms with Crippen LogP contribution in [0, 0.1) is 11.3 Å². The molecular formula is C16H24O6. The fourth-order valence-corrected chi connectivity index (χ4v) is 3.71. The zero-order chi connectivity index (χ0) is 16.2. The molecule has 1 saturated carbocycles. The van der Waals surface area contributed by atoms with Crippen molar-refractivity contribution in [2.24, 2.45) is 11.3 Å². The van der Waals surface area contributed by atoms with E-state index in [0.29, 0.717) is 19.4 Å². The minimum Gasteiger partial charge on any atom is -0.465 e. The Hall–Kier alpha value is -1.43. The average Bonchev–Trinajstić information content (AvgIpc) is 2.96. The number of hydrogen-bond acceptors (Lipinski definition) is 6. The summed E-state index contributed by atoms with van der Waals surface area (Å²) in [4.78, 5) is 36.4. The third-order valence-corrected chi connectivity index (χ3v) is 4.79. The maximum absolute atomic E-state index is 12.5. The van der Waals surface area contributed by atoms with Gasteiger partial charge in [0.2, 0.25) is 0 Å². The molecule has 2 atom stereocenters.